The summed E-state index contributed by atoms with van der Waals surface area (Å²) in [6.07, 6.45) is 3.98. The molecule has 1 fully saturated rings. The number of amides is 1. The summed E-state index contributed by atoms with van der Waals surface area (Å²) in [7, 11) is 5.53. The molecule has 1 atom stereocenters. The van der Waals surface area contributed by atoms with Gasteiger partial charge in [-0.15, -0.1) is 0 Å². The molecule has 2 heterocycles. The summed E-state index contributed by atoms with van der Waals surface area (Å²) in [5.74, 6) is -0.773. The molecule has 1 aromatic heterocycles. The number of aliphatic hydroxyl groups is 1. The molecule has 1 saturated heterocycles. The SMILES string of the molecule is COc1ccc(/C(O)=C2/C(=O)C(=O)N(CCCN(C)C)C2c2cccnc2)cc1C(C)(C)C. The van der Waals surface area contributed by atoms with E-state index < -0.39 is 17.7 Å². The van der Waals surface area contributed by atoms with Crippen LogP contribution in [-0.4, -0.2) is 65.9 Å². The van der Waals surface area contributed by atoms with Crippen molar-refractivity contribution in [2.75, 3.05) is 34.3 Å². The third-order valence-corrected chi connectivity index (χ3v) is 5.83. The number of rotatable bonds is 7. The van der Waals surface area contributed by atoms with Gasteiger partial charge in [0.25, 0.3) is 11.7 Å². The molecule has 0 spiro atoms. The fourth-order valence-corrected chi connectivity index (χ4v) is 4.15. The van der Waals surface area contributed by atoms with Gasteiger partial charge in [0.15, 0.2) is 0 Å². The van der Waals surface area contributed by atoms with Crippen molar-refractivity contribution in [3.8, 4) is 5.75 Å². The molecule has 1 amide bonds. The molecule has 0 bridgehead atoms. The van der Waals surface area contributed by atoms with E-state index >= 15 is 0 Å². The smallest absolute Gasteiger partial charge is 0.295 e. The fraction of sp³-hybridized carbons (Fsp3) is 0.423. The van der Waals surface area contributed by atoms with E-state index in [1.54, 1.807) is 42.6 Å². The summed E-state index contributed by atoms with van der Waals surface area (Å²) in [4.78, 5) is 33.9. The summed E-state index contributed by atoms with van der Waals surface area (Å²) >= 11 is 0. The quantitative estimate of drug-likeness (QED) is 0.392. The van der Waals surface area contributed by atoms with Crippen LogP contribution in [0.2, 0.25) is 0 Å². The maximum Gasteiger partial charge on any atom is 0.295 e. The largest absolute Gasteiger partial charge is 0.507 e. The predicted molar refractivity (Wildman–Crippen MR) is 128 cm³/mol. The highest BCUT2D eigenvalue weighted by Gasteiger charge is 2.46. The molecule has 0 aliphatic carbocycles. The second kappa shape index (κ2) is 9.75. The molecule has 3 rings (SSSR count). The van der Waals surface area contributed by atoms with Crippen LogP contribution in [0.15, 0.2) is 48.3 Å². The summed E-state index contributed by atoms with van der Waals surface area (Å²) in [6, 6.07) is 8.21. The third-order valence-electron chi connectivity index (χ3n) is 5.83. The standard InChI is InChI=1S/C26H33N3O4/c1-26(2,3)19-15-17(10-11-20(19)33-6)23(30)21-22(18-9-7-12-27-16-18)29(25(32)24(21)31)14-8-13-28(4)5/h7,9-12,15-16,22,30H,8,13-14H2,1-6H3/b23-21-. The second-order valence-electron chi connectivity index (χ2n) is 9.60. The molecule has 1 unspecified atom stereocenters. The molecule has 176 valence electrons. The number of benzene rings is 1. The van der Waals surface area contributed by atoms with Crippen LogP contribution in [0.3, 0.4) is 0 Å². The molecule has 0 saturated carbocycles. The summed E-state index contributed by atoms with van der Waals surface area (Å²) in [5, 5.41) is 11.3. The van der Waals surface area contributed by atoms with E-state index in [1.165, 1.54) is 0 Å². The maximum atomic E-state index is 13.2. The van der Waals surface area contributed by atoms with Gasteiger partial charge in [0.2, 0.25) is 0 Å². The van der Waals surface area contributed by atoms with E-state index in [0.29, 0.717) is 29.8 Å². The Balaban J connectivity index is 2.14. The molecule has 0 radical (unpaired) electrons. The van der Waals surface area contributed by atoms with Gasteiger partial charge >= 0.3 is 0 Å². The Kier molecular flexibility index (Phi) is 7.22. The van der Waals surface area contributed by atoms with Crippen LogP contribution in [0.5, 0.6) is 5.75 Å². The van der Waals surface area contributed by atoms with Gasteiger partial charge in [0.05, 0.1) is 18.7 Å². The van der Waals surface area contributed by atoms with E-state index in [-0.39, 0.29) is 16.7 Å². The van der Waals surface area contributed by atoms with Crippen molar-refractivity contribution in [1.29, 1.82) is 0 Å². The lowest BCUT2D eigenvalue weighted by atomic mass is 9.84. The number of hydrogen-bond acceptors (Lipinski definition) is 6. The minimum absolute atomic E-state index is 0.0860. The number of hydrogen-bond donors (Lipinski definition) is 1. The first-order valence-electron chi connectivity index (χ1n) is 11.1. The average molecular weight is 452 g/mol. The summed E-state index contributed by atoms with van der Waals surface area (Å²) in [5.41, 5.74) is 1.90. The average Bonchev–Trinajstić information content (AvgIpc) is 3.03. The van der Waals surface area contributed by atoms with E-state index in [0.717, 1.165) is 12.1 Å². The van der Waals surface area contributed by atoms with Crippen molar-refractivity contribution < 1.29 is 19.4 Å². The first-order chi connectivity index (χ1) is 15.6. The van der Waals surface area contributed by atoms with Crippen molar-refractivity contribution in [1.82, 2.24) is 14.8 Å². The molecule has 1 N–H and O–H groups in total. The number of ether oxygens (including phenoxy) is 1. The van der Waals surface area contributed by atoms with Crippen LogP contribution in [0.25, 0.3) is 5.76 Å². The van der Waals surface area contributed by atoms with Crippen LogP contribution in [0.4, 0.5) is 0 Å². The number of aromatic nitrogens is 1. The molecule has 7 heteroatoms. The Labute approximate surface area is 195 Å². The van der Waals surface area contributed by atoms with E-state index in [9.17, 15) is 14.7 Å². The minimum Gasteiger partial charge on any atom is -0.507 e. The normalized spacial score (nSPS) is 18.3. The van der Waals surface area contributed by atoms with Gasteiger partial charge in [-0.2, -0.15) is 0 Å². The van der Waals surface area contributed by atoms with Crippen LogP contribution < -0.4 is 4.74 Å². The van der Waals surface area contributed by atoms with Crippen LogP contribution >= 0.6 is 0 Å². The lowest BCUT2D eigenvalue weighted by Gasteiger charge is -2.26. The third kappa shape index (κ3) is 5.09. The van der Waals surface area contributed by atoms with E-state index in [1.807, 2.05) is 51.9 Å². The minimum atomic E-state index is -0.693. The van der Waals surface area contributed by atoms with Gasteiger partial charge in [0.1, 0.15) is 11.5 Å². The number of pyridine rings is 1. The lowest BCUT2D eigenvalue weighted by Crippen LogP contribution is -2.32. The number of methoxy groups -OCH3 is 1. The predicted octanol–water partition coefficient (Wildman–Crippen LogP) is 3.76. The van der Waals surface area contributed by atoms with Gasteiger partial charge in [0, 0.05) is 30.1 Å². The van der Waals surface area contributed by atoms with E-state index in [4.69, 9.17) is 4.74 Å². The first-order valence-corrected chi connectivity index (χ1v) is 11.1. The molecule has 2 aromatic rings. The highest BCUT2D eigenvalue weighted by Crippen LogP contribution is 2.40. The number of ketones is 1. The molecule has 1 aliphatic heterocycles. The molecular formula is C26H33N3O4. The molecule has 1 aliphatic rings. The zero-order valence-electron chi connectivity index (χ0n) is 20.3. The number of aliphatic hydroxyl groups excluding tert-OH is 1. The second-order valence-corrected chi connectivity index (χ2v) is 9.60. The van der Waals surface area contributed by atoms with Gasteiger partial charge in [-0.05, 0) is 62.3 Å². The molecule has 7 nitrogen and oxygen atoms in total. The van der Waals surface area contributed by atoms with Crippen molar-refractivity contribution in [2.24, 2.45) is 0 Å². The Morgan fingerprint density at radius 3 is 2.52 bits per heavy atom. The Bertz CT molecular complexity index is 1050. The lowest BCUT2D eigenvalue weighted by molar-refractivity contribution is -0.139. The van der Waals surface area contributed by atoms with Gasteiger partial charge < -0.3 is 19.6 Å². The Morgan fingerprint density at radius 1 is 1.21 bits per heavy atom. The monoisotopic (exact) mass is 451 g/mol. The van der Waals surface area contributed by atoms with Gasteiger partial charge in [-0.25, -0.2) is 0 Å². The van der Waals surface area contributed by atoms with Crippen LogP contribution in [0, 0.1) is 0 Å². The zero-order valence-corrected chi connectivity index (χ0v) is 20.3. The Morgan fingerprint density at radius 2 is 1.94 bits per heavy atom. The number of likely N-dealkylation sites (tertiary alicyclic amines) is 1. The van der Waals surface area contributed by atoms with E-state index in [2.05, 4.69) is 4.98 Å². The van der Waals surface area contributed by atoms with Crippen molar-refractivity contribution >= 4 is 17.4 Å². The molecule has 1 aromatic carbocycles. The summed E-state index contributed by atoms with van der Waals surface area (Å²) < 4.78 is 5.50. The van der Waals surface area contributed by atoms with Gasteiger partial charge in [-0.1, -0.05) is 26.8 Å². The number of carbonyl (C=O) groups is 2. The fourth-order valence-electron chi connectivity index (χ4n) is 4.15. The van der Waals surface area contributed by atoms with Crippen LogP contribution in [-0.2, 0) is 15.0 Å². The number of carbonyl (C=O) groups excluding carboxylic acids is 2. The number of Topliss-reactive ketones (excluding diaryl/α,β-unsaturated/α-hetero) is 1. The van der Waals surface area contributed by atoms with Gasteiger partial charge in [-0.3, -0.25) is 14.6 Å². The van der Waals surface area contributed by atoms with Crippen molar-refractivity contribution in [3.05, 3.63) is 65.0 Å². The van der Waals surface area contributed by atoms with Crippen molar-refractivity contribution in [2.45, 2.75) is 38.6 Å². The van der Waals surface area contributed by atoms with Crippen LogP contribution in [0.1, 0.15) is 49.9 Å². The maximum absolute atomic E-state index is 13.2. The zero-order chi connectivity index (χ0) is 24.3. The topological polar surface area (TPSA) is 83.0 Å². The molecular weight excluding hydrogens is 418 g/mol. The summed E-state index contributed by atoms with van der Waals surface area (Å²) in [6.45, 7) is 7.32. The Hall–Kier alpha value is -3.19. The first kappa shape index (κ1) is 24.5. The number of nitrogens with zero attached hydrogens (tertiary/aromatic N) is 3. The highest BCUT2D eigenvalue weighted by molar-refractivity contribution is 6.46. The molecule has 33 heavy (non-hydrogen) atoms. The van der Waals surface area contributed by atoms with Crippen molar-refractivity contribution in [3.63, 3.8) is 0 Å². The highest BCUT2D eigenvalue weighted by atomic mass is 16.5.